The summed E-state index contributed by atoms with van der Waals surface area (Å²) in [6.07, 6.45) is 0. The van der Waals surface area contributed by atoms with Crippen molar-refractivity contribution in [3.8, 4) is 11.5 Å². The second kappa shape index (κ2) is 5.10. The fourth-order valence-electron chi connectivity index (χ4n) is 1.62. The van der Waals surface area contributed by atoms with Crippen LogP contribution >= 0.6 is 11.6 Å². The SMILES string of the molecule is COc1cc(Cl)c(F)c(C(C)(C)CO)c1OC. The van der Waals surface area contributed by atoms with Crippen molar-refractivity contribution in [3.63, 3.8) is 0 Å². The Hall–Kier alpha value is -1.00. The molecule has 0 aliphatic carbocycles. The first-order valence-electron chi connectivity index (χ1n) is 5.10. The van der Waals surface area contributed by atoms with E-state index >= 15 is 0 Å². The standard InChI is InChI=1S/C12H16ClFO3/c1-12(2,6-15)9-10(14)7(13)5-8(16-3)11(9)17-4/h5,15H,6H2,1-4H3. The van der Waals surface area contributed by atoms with E-state index in [0.29, 0.717) is 5.75 Å². The van der Waals surface area contributed by atoms with Gasteiger partial charge in [-0.25, -0.2) is 4.39 Å². The fourth-order valence-corrected chi connectivity index (χ4v) is 1.82. The van der Waals surface area contributed by atoms with Gasteiger partial charge in [-0.15, -0.1) is 0 Å². The van der Waals surface area contributed by atoms with Gasteiger partial charge in [-0.05, 0) is 0 Å². The van der Waals surface area contributed by atoms with Crippen molar-refractivity contribution >= 4 is 11.6 Å². The maximum Gasteiger partial charge on any atom is 0.167 e. The van der Waals surface area contributed by atoms with Crippen LogP contribution in [0.5, 0.6) is 11.5 Å². The number of hydrogen-bond acceptors (Lipinski definition) is 3. The molecule has 1 aromatic carbocycles. The quantitative estimate of drug-likeness (QED) is 0.907. The predicted molar refractivity (Wildman–Crippen MR) is 64.6 cm³/mol. The number of rotatable bonds is 4. The molecule has 3 nitrogen and oxygen atoms in total. The minimum atomic E-state index is -0.812. The van der Waals surface area contributed by atoms with Crippen LogP contribution in [0.2, 0.25) is 5.02 Å². The third-order valence-corrected chi connectivity index (χ3v) is 2.91. The number of aliphatic hydroxyl groups is 1. The van der Waals surface area contributed by atoms with Gasteiger partial charge in [0.15, 0.2) is 11.5 Å². The Morgan fingerprint density at radius 2 is 1.94 bits per heavy atom. The second-order valence-corrected chi connectivity index (χ2v) is 4.73. The molecule has 1 aromatic rings. The van der Waals surface area contributed by atoms with Crippen LogP contribution in [0.15, 0.2) is 6.07 Å². The van der Waals surface area contributed by atoms with E-state index in [1.54, 1.807) is 13.8 Å². The van der Waals surface area contributed by atoms with E-state index < -0.39 is 11.2 Å². The zero-order valence-electron chi connectivity index (χ0n) is 10.3. The van der Waals surface area contributed by atoms with Crippen LogP contribution in [0.25, 0.3) is 0 Å². The summed E-state index contributed by atoms with van der Waals surface area (Å²) in [7, 11) is 2.87. The Bertz CT molecular complexity index is 419. The minimum Gasteiger partial charge on any atom is -0.493 e. The van der Waals surface area contributed by atoms with E-state index in [1.165, 1.54) is 20.3 Å². The molecular weight excluding hydrogens is 247 g/mol. The zero-order valence-corrected chi connectivity index (χ0v) is 11.1. The van der Waals surface area contributed by atoms with Crippen LogP contribution < -0.4 is 9.47 Å². The van der Waals surface area contributed by atoms with Crippen molar-refractivity contribution in [3.05, 3.63) is 22.5 Å². The summed E-state index contributed by atoms with van der Waals surface area (Å²) in [5.74, 6) is 0.00671. The van der Waals surface area contributed by atoms with Gasteiger partial charge in [-0.1, -0.05) is 25.4 Å². The number of ether oxygens (including phenoxy) is 2. The van der Waals surface area contributed by atoms with Crippen molar-refractivity contribution in [2.45, 2.75) is 19.3 Å². The highest BCUT2D eigenvalue weighted by Gasteiger charge is 2.31. The normalized spacial score (nSPS) is 11.5. The number of halogens is 2. The summed E-state index contributed by atoms with van der Waals surface area (Å²) in [6, 6.07) is 1.35. The van der Waals surface area contributed by atoms with Gasteiger partial charge in [0.05, 0.1) is 25.8 Å². The van der Waals surface area contributed by atoms with Gasteiger partial charge >= 0.3 is 0 Å². The van der Waals surface area contributed by atoms with Crippen molar-refractivity contribution < 1.29 is 19.0 Å². The van der Waals surface area contributed by atoms with E-state index in [0.717, 1.165) is 0 Å². The van der Waals surface area contributed by atoms with Gasteiger partial charge in [0.25, 0.3) is 0 Å². The van der Waals surface area contributed by atoms with E-state index in [9.17, 15) is 9.50 Å². The van der Waals surface area contributed by atoms with Crippen molar-refractivity contribution in [2.24, 2.45) is 0 Å². The first kappa shape index (κ1) is 14.1. The molecule has 5 heteroatoms. The maximum absolute atomic E-state index is 14.1. The molecule has 0 spiro atoms. The highest BCUT2D eigenvalue weighted by atomic mass is 35.5. The van der Waals surface area contributed by atoms with Crippen LogP contribution in [-0.4, -0.2) is 25.9 Å². The van der Waals surface area contributed by atoms with Crippen LogP contribution in [0.3, 0.4) is 0 Å². The number of benzene rings is 1. The lowest BCUT2D eigenvalue weighted by Crippen LogP contribution is -2.25. The molecule has 0 aromatic heterocycles. The van der Waals surface area contributed by atoms with Gasteiger partial charge in [-0.3, -0.25) is 0 Å². The summed E-state index contributed by atoms with van der Waals surface area (Å²) >= 11 is 5.80. The molecule has 1 rings (SSSR count). The molecule has 0 bridgehead atoms. The minimum absolute atomic E-state index is 0.0563. The predicted octanol–water partition coefficient (Wildman–Crippen LogP) is 2.77. The molecule has 0 unspecified atom stereocenters. The highest BCUT2D eigenvalue weighted by Crippen LogP contribution is 2.43. The van der Waals surface area contributed by atoms with E-state index in [2.05, 4.69) is 0 Å². The summed E-state index contributed by atoms with van der Waals surface area (Å²) in [4.78, 5) is 0. The van der Waals surface area contributed by atoms with Crippen LogP contribution in [0, 0.1) is 5.82 Å². The Labute approximate surface area is 105 Å². The Kier molecular flexibility index (Phi) is 4.22. The van der Waals surface area contributed by atoms with Gasteiger partial charge in [0.1, 0.15) is 5.82 Å². The summed E-state index contributed by atoms with van der Waals surface area (Å²) in [5, 5.41) is 9.28. The average molecular weight is 263 g/mol. The van der Waals surface area contributed by atoms with E-state index in [4.69, 9.17) is 21.1 Å². The molecule has 0 aliphatic heterocycles. The maximum atomic E-state index is 14.1. The topological polar surface area (TPSA) is 38.7 Å². The Balaban J connectivity index is 3.60. The zero-order chi connectivity index (χ0) is 13.2. The Morgan fingerprint density at radius 3 is 2.35 bits per heavy atom. The van der Waals surface area contributed by atoms with Crippen molar-refractivity contribution in [1.29, 1.82) is 0 Å². The molecule has 0 saturated carbocycles. The second-order valence-electron chi connectivity index (χ2n) is 4.32. The van der Waals surface area contributed by atoms with Crippen LogP contribution in [-0.2, 0) is 5.41 Å². The highest BCUT2D eigenvalue weighted by molar-refractivity contribution is 6.31. The van der Waals surface area contributed by atoms with Crippen molar-refractivity contribution in [2.75, 3.05) is 20.8 Å². The third-order valence-electron chi connectivity index (χ3n) is 2.63. The van der Waals surface area contributed by atoms with Crippen LogP contribution in [0.1, 0.15) is 19.4 Å². The summed E-state index contributed by atoms with van der Waals surface area (Å²) < 4.78 is 24.3. The first-order chi connectivity index (χ1) is 7.88. The monoisotopic (exact) mass is 262 g/mol. The molecule has 0 saturated heterocycles. The molecule has 0 amide bonds. The molecular formula is C12H16ClFO3. The lowest BCUT2D eigenvalue weighted by molar-refractivity contribution is 0.209. The molecule has 0 fully saturated rings. The molecule has 0 heterocycles. The summed E-state index contributed by atoms with van der Waals surface area (Å²) in [5.41, 5.74) is -0.597. The van der Waals surface area contributed by atoms with Gasteiger partial charge < -0.3 is 14.6 Å². The number of aliphatic hydroxyl groups excluding tert-OH is 1. The smallest absolute Gasteiger partial charge is 0.167 e. The first-order valence-corrected chi connectivity index (χ1v) is 5.48. The number of methoxy groups -OCH3 is 2. The largest absolute Gasteiger partial charge is 0.493 e. The fraction of sp³-hybridized carbons (Fsp3) is 0.500. The molecule has 17 heavy (non-hydrogen) atoms. The van der Waals surface area contributed by atoms with Gasteiger partial charge in [0, 0.05) is 17.0 Å². The van der Waals surface area contributed by atoms with Crippen molar-refractivity contribution in [1.82, 2.24) is 0 Å². The van der Waals surface area contributed by atoms with E-state index in [-0.39, 0.29) is 22.9 Å². The average Bonchev–Trinajstić information content (AvgIpc) is 2.31. The van der Waals surface area contributed by atoms with E-state index in [1.807, 2.05) is 0 Å². The Morgan fingerprint density at radius 1 is 1.35 bits per heavy atom. The van der Waals surface area contributed by atoms with Crippen LogP contribution in [0.4, 0.5) is 4.39 Å². The summed E-state index contributed by atoms with van der Waals surface area (Å²) in [6.45, 7) is 3.16. The molecule has 0 atom stereocenters. The molecule has 1 N–H and O–H groups in total. The molecule has 0 aliphatic rings. The molecule has 96 valence electrons. The molecule has 0 radical (unpaired) electrons. The lowest BCUT2D eigenvalue weighted by Gasteiger charge is -2.26. The third kappa shape index (κ3) is 2.48. The van der Waals surface area contributed by atoms with Gasteiger partial charge in [-0.2, -0.15) is 0 Å². The number of hydrogen-bond donors (Lipinski definition) is 1. The lowest BCUT2D eigenvalue weighted by atomic mass is 9.84. The van der Waals surface area contributed by atoms with Gasteiger partial charge in [0.2, 0.25) is 0 Å².